The highest BCUT2D eigenvalue weighted by Crippen LogP contribution is 2.15. The van der Waals surface area contributed by atoms with Crippen LogP contribution in [0.5, 0.6) is 5.75 Å². The number of carboxylic acids is 1. The van der Waals surface area contributed by atoms with E-state index in [2.05, 4.69) is 0 Å². The van der Waals surface area contributed by atoms with Crippen LogP contribution in [0.4, 0.5) is 0 Å². The Bertz CT molecular complexity index is 602. The lowest BCUT2D eigenvalue weighted by Gasteiger charge is -2.07. The molecule has 0 aromatic heterocycles. The van der Waals surface area contributed by atoms with Crippen LogP contribution in [0.3, 0.4) is 0 Å². The average Bonchev–Trinajstić information content (AvgIpc) is 2.52. The minimum atomic E-state index is -1.38. The third-order valence-corrected chi connectivity index (χ3v) is 3.05. The van der Waals surface area contributed by atoms with Gasteiger partial charge in [-0.15, -0.1) is 0 Å². The van der Waals surface area contributed by atoms with Gasteiger partial charge in [0, 0.05) is 6.42 Å². The summed E-state index contributed by atoms with van der Waals surface area (Å²) >= 11 is 0. The van der Waals surface area contributed by atoms with Gasteiger partial charge < -0.3 is 9.84 Å². The predicted octanol–water partition coefficient (Wildman–Crippen LogP) is 2.85. The van der Waals surface area contributed by atoms with Crippen molar-refractivity contribution in [2.75, 3.05) is 0 Å². The Hall–Kier alpha value is -2.62. The summed E-state index contributed by atoms with van der Waals surface area (Å²) < 4.78 is 5.65. The van der Waals surface area contributed by atoms with Gasteiger partial charge in [-0.3, -0.25) is 4.79 Å². The summed E-state index contributed by atoms with van der Waals surface area (Å²) in [6.07, 6.45) is 0.434. The molecule has 0 amide bonds. The van der Waals surface area contributed by atoms with Crippen molar-refractivity contribution in [3.63, 3.8) is 0 Å². The monoisotopic (exact) mass is 284 g/mol. The number of carbonyl (C=O) groups excluding carboxylic acids is 1. The van der Waals surface area contributed by atoms with Gasteiger partial charge in [-0.25, -0.2) is 4.79 Å². The molecule has 0 bridgehead atoms. The summed E-state index contributed by atoms with van der Waals surface area (Å²) in [5.74, 6) is -1.40. The van der Waals surface area contributed by atoms with E-state index in [1.807, 2.05) is 54.6 Å². The summed E-state index contributed by atoms with van der Waals surface area (Å²) in [6, 6.07) is 17.2. The second kappa shape index (κ2) is 7.24. The number of Topliss-reactive ketones (excluding diaryl/α,β-unsaturated/α-hetero) is 1. The van der Waals surface area contributed by atoms with Crippen molar-refractivity contribution in [1.29, 1.82) is 0 Å². The number of benzene rings is 2. The molecule has 0 saturated heterocycles. The fourth-order valence-corrected chi connectivity index (χ4v) is 1.86. The number of aliphatic carboxylic acids is 1. The first kappa shape index (κ1) is 14.8. The van der Waals surface area contributed by atoms with Crippen LogP contribution in [0.1, 0.15) is 17.5 Å². The van der Waals surface area contributed by atoms with Crippen molar-refractivity contribution in [3.05, 3.63) is 65.7 Å². The molecule has 0 radical (unpaired) electrons. The number of ether oxygens (including phenoxy) is 1. The van der Waals surface area contributed by atoms with Crippen molar-refractivity contribution in [3.8, 4) is 5.75 Å². The maximum atomic E-state index is 11.0. The van der Waals surface area contributed by atoms with Crippen LogP contribution in [0.2, 0.25) is 0 Å². The Morgan fingerprint density at radius 2 is 1.57 bits per heavy atom. The van der Waals surface area contributed by atoms with Crippen molar-refractivity contribution >= 4 is 11.8 Å². The van der Waals surface area contributed by atoms with Gasteiger partial charge in [-0.1, -0.05) is 42.5 Å². The zero-order valence-electron chi connectivity index (χ0n) is 11.5. The minimum absolute atomic E-state index is 0.0134. The van der Waals surface area contributed by atoms with Gasteiger partial charge >= 0.3 is 5.97 Å². The lowest BCUT2D eigenvalue weighted by molar-refractivity contribution is -0.149. The van der Waals surface area contributed by atoms with E-state index in [0.717, 1.165) is 16.9 Å². The first-order valence-corrected chi connectivity index (χ1v) is 6.67. The number of carboxylic acid groups (broad SMARTS) is 1. The molecule has 0 aliphatic carbocycles. The Labute approximate surface area is 123 Å². The highest BCUT2D eigenvalue weighted by atomic mass is 16.5. The summed E-state index contributed by atoms with van der Waals surface area (Å²) in [7, 11) is 0. The molecule has 2 aromatic carbocycles. The second-order valence-corrected chi connectivity index (χ2v) is 4.65. The normalized spacial score (nSPS) is 10.1. The maximum absolute atomic E-state index is 11.0. The van der Waals surface area contributed by atoms with Crippen LogP contribution >= 0.6 is 0 Å². The summed E-state index contributed by atoms with van der Waals surface area (Å²) in [5, 5.41) is 8.51. The third kappa shape index (κ3) is 4.76. The zero-order chi connectivity index (χ0) is 15.1. The van der Waals surface area contributed by atoms with Crippen LogP contribution in [0.15, 0.2) is 54.6 Å². The Morgan fingerprint density at radius 3 is 2.19 bits per heavy atom. The van der Waals surface area contributed by atoms with E-state index in [1.54, 1.807) is 0 Å². The van der Waals surface area contributed by atoms with E-state index in [-0.39, 0.29) is 6.42 Å². The minimum Gasteiger partial charge on any atom is -0.489 e. The standard InChI is InChI=1S/C17H16O4/c18-16(17(19)20)11-8-13-6-9-15(10-7-13)21-12-14-4-2-1-3-5-14/h1-7,9-10H,8,11-12H2,(H,19,20). The van der Waals surface area contributed by atoms with Crippen molar-refractivity contribution in [2.24, 2.45) is 0 Å². The first-order valence-electron chi connectivity index (χ1n) is 6.67. The molecule has 1 N–H and O–H groups in total. The van der Waals surface area contributed by atoms with Crippen LogP contribution in [-0.2, 0) is 22.6 Å². The molecule has 108 valence electrons. The van der Waals surface area contributed by atoms with E-state index in [9.17, 15) is 9.59 Å². The van der Waals surface area contributed by atoms with E-state index in [4.69, 9.17) is 9.84 Å². The topological polar surface area (TPSA) is 63.6 Å². The lowest BCUT2D eigenvalue weighted by atomic mass is 10.1. The summed E-state index contributed by atoms with van der Waals surface area (Å²) in [6.45, 7) is 0.498. The van der Waals surface area contributed by atoms with Gasteiger partial charge in [0.25, 0.3) is 0 Å². The molecule has 0 aliphatic heterocycles. The Balaban J connectivity index is 1.84. The van der Waals surface area contributed by atoms with Gasteiger partial charge in [0.15, 0.2) is 0 Å². The van der Waals surface area contributed by atoms with Crippen molar-refractivity contribution < 1.29 is 19.4 Å². The highest BCUT2D eigenvalue weighted by Gasteiger charge is 2.10. The third-order valence-electron chi connectivity index (χ3n) is 3.05. The van der Waals surface area contributed by atoms with Crippen LogP contribution < -0.4 is 4.74 Å². The molecule has 4 nitrogen and oxygen atoms in total. The van der Waals surface area contributed by atoms with E-state index >= 15 is 0 Å². The quantitative estimate of drug-likeness (QED) is 0.794. The molecule has 2 aromatic rings. The Kier molecular flexibility index (Phi) is 5.10. The molecule has 2 rings (SSSR count). The van der Waals surface area contributed by atoms with E-state index in [0.29, 0.717) is 13.0 Å². The highest BCUT2D eigenvalue weighted by molar-refractivity contribution is 6.32. The van der Waals surface area contributed by atoms with Crippen molar-refractivity contribution in [1.82, 2.24) is 0 Å². The van der Waals surface area contributed by atoms with E-state index < -0.39 is 11.8 Å². The predicted molar refractivity (Wildman–Crippen MR) is 78.2 cm³/mol. The molecule has 0 saturated carbocycles. The molecular formula is C17H16O4. The number of carbonyl (C=O) groups is 2. The molecule has 0 spiro atoms. The smallest absolute Gasteiger partial charge is 0.372 e. The fourth-order valence-electron chi connectivity index (χ4n) is 1.86. The molecule has 0 aliphatic rings. The van der Waals surface area contributed by atoms with Crippen LogP contribution in [0, 0.1) is 0 Å². The molecule has 0 heterocycles. The zero-order valence-corrected chi connectivity index (χ0v) is 11.5. The van der Waals surface area contributed by atoms with Crippen LogP contribution in [-0.4, -0.2) is 16.9 Å². The molecule has 0 fully saturated rings. The SMILES string of the molecule is O=C(O)C(=O)CCc1ccc(OCc2ccccc2)cc1. The molecule has 21 heavy (non-hydrogen) atoms. The number of hydrogen-bond acceptors (Lipinski definition) is 3. The van der Waals surface area contributed by atoms with Gasteiger partial charge in [0.1, 0.15) is 12.4 Å². The summed E-state index contributed by atoms with van der Waals surface area (Å²) in [5.41, 5.74) is 2.00. The van der Waals surface area contributed by atoms with Gasteiger partial charge in [0.2, 0.25) is 5.78 Å². The van der Waals surface area contributed by atoms with Crippen LogP contribution in [0.25, 0.3) is 0 Å². The van der Waals surface area contributed by atoms with Gasteiger partial charge in [-0.2, -0.15) is 0 Å². The number of ketones is 1. The lowest BCUT2D eigenvalue weighted by Crippen LogP contribution is -2.12. The number of rotatable bonds is 7. The van der Waals surface area contributed by atoms with Crippen molar-refractivity contribution in [2.45, 2.75) is 19.4 Å². The largest absolute Gasteiger partial charge is 0.489 e. The average molecular weight is 284 g/mol. The molecule has 0 unspecified atom stereocenters. The van der Waals surface area contributed by atoms with Gasteiger partial charge in [0.05, 0.1) is 0 Å². The number of hydrogen-bond donors (Lipinski definition) is 1. The maximum Gasteiger partial charge on any atom is 0.372 e. The summed E-state index contributed by atoms with van der Waals surface area (Å²) in [4.78, 5) is 21.4. The van der Waals surface area contributed by atoms with E-state index in [1.165, 1.54) is 0 Å². The fraction of sp³-hybridized carbons (Fsp3) is 0.176. The second-order valence-electron chi connectivity index (χ2n) is 4.65. The van der Waals surface area contributed by atoms with Gasteiger partial charge in [-0.05, 0) is 29.7 Å². The Morgan fingerprint density at radius 1 is 0.905 bits per heavy atom. The number of aryl methyl sites for hydroxylation is 1. The molecular weight excluding hydrogens is 268 g/mol. The molecule has 4 heteroatoms. The molecule has 0 atom stereocenters. The first-order chi connectivity index (χ1) is 10.1.